The van der Waals surface area contributed by atoms with E-state index in [1.807, 2.05) is 24.1 Å². The Labute approximate surface area is 145 Å². The zero-order valence-electron chi connectivity index (χ0n) is 15.7. The fraction of sp³-hybridized carbons (Fsp3) is 0.765. The van der Waals surface area contributed by atoms with Gasteiger partial charge < -0.3 is 19.9 Å². The number of aryl methyl sites for hydroxylation is 1. The molecule has 136 valence electrons. The third-order valence-electron chi connectivity index (χ3n) is 4.39. The van der Waals surface area contributed by atoms with Gasteiger partial charge in [0, 0.05) is 44.5 Å². The van der Waals surface area contributed by atoms with Crippen LogP contribution in [-0.4, -0.2) is 78.0 Å². The Morgan fingerprint density at radius 2 is 2.33 bits per heavy atom. The van der Waals surface area contributed by atoms with Crippen molar-refractivity contribution in [2.24, 2.45) is 12.0 Å². The number of nitrogens with one attached hydrogen (secondary N) is 1. The highest BCUT2D eigenvalue weighted by Gasteiger charge is 2.25. The number of hydrogen-bond donors (Lipinski definition) is 1. The molecule has 2 heterocycles. The molecule has 0 spiro atoms. The summed E-state index contributed by atoms with van der Waals surface area (Å²) in [5, 5.41) is 7.66. The largest absolute Gasteiger partial charge is 0.370 e. The van der Waals surface area contributed by atoms with Crippen molar-refractivity contribution in [2.45, 2.75) is 32.9 Å². The van der Waals surface area contributed by atoms with E-state index in [9.17, 15) is 0 Å². The summed E-state index contributed by atoms with van der Waals surface area (Å²) in [6.07, 6.45) is 3.96. The van der Waals surface area contributed by atoms with Crippen molar-refractivity contribution < 1.29 is 4.74 Å². The van der Waals surface area contributed by atoms with Crippen molar-refractivity contribution in [1.82, 2.24) is 24.9 Å². The van der Waals surface area contributed by atoms with E-state index in [0.29, 0.717) is 12.6 Å². The quantitative estimate of drug-likeness (QED) is 0.623. The zero-order valence-corrected chi connectivity index (χ0v) is 15.7. The Morgan fingerprint density at radius 3 is 2.96 bits per heavy atom. The molecule has 1 aliphatic rings. The molecular formula is C17H32N6O. The highest BCUT2D eigenvalue weighted by Crippen LogP contribution is 2.21. The number of guanidine groups is 1. The molecule has 0 radical (unpaired) electrons. The molecule has 1 aromatic heterocycles. The molecule has 1 aliphatic heterocycles. The van der Waals surface area contributed by atoms with Crippen LogP contribution < -0.4 is 5.32 Å². The van der Waals surface area contributed by atoms with Gasteiger partial charge in [-0.2, -0.15) is 5.10 Å². The van der Waals surface area contributed by atoms with Gasteiger partial charge in [-0.1, -0.05) is 0 Å². The minimum Gasteiger partial charge on any atom is -0.370 e. The van der Waals surface area contributed by atoms with E-state index in [1.54, 1.807) is 0 Å². The number of hydrogen-bond acceptors (Lipinski definition) is 4. The highest BCUT2D eigenvalue weighted by atomic mass is 16.5. The molecule has 0 saturated carbocycles. The second-order valence-corrected chi connectivity index (χ2v) is 6.56. The highest BCUT2D eigenvalue weighted by molar-refractivity contribution is 5.80. The van der Waals surface area contributed by atoms with Crippen molar-refractivity contribution >= 4 is 5.96 Å². The molecule has 1 unspecified atom stereocenters. The molecule has 0 aliphatic carbocycles. The Morgan fingerprint density at radius 1 is 1.54 bits per heavy atom. The van der Waals surface area contributed by atoms with Gasteiger partial charge in [-0.25, -0.2) is 0 Å². The molecule has 1 saturated heterocycles. The van der Waals surface area contributed by atoms with E-state index in [-0.39, 0.29) is 6.10 Å². The van der Waals surface area contributed by atoms with Crippen LogP contribution in [0.2, 0.25) is 0 Å². The molecular weight excluding hydrogens is 304 g/mol. The van der Waals surface area contributed by atoms with E-state index in [4.69, 9.17) is 9.73 Å². The lowest BCUT2D eigenvalue weighted by atomic mass is 10.1. The van der Waals surface area contributed by atoms with Crippen LogP contribution in [0.3, 0.4) is 0 Å². The SMILES string of the molecule is CCNC(=NCCN(C)C(C)C)N1CCOC(c2cnn(C)c2)C1. The van der Waals surface area contributed by atoms with Gasteiger partial charge in [-0.3, -0.25) is 9.67 Å². The summed E-state index contributed by atoms with van der Waals surface area (Å²) >= 11 is 0. The molecule has 24 heavy (non-hydrogen) atoms. The lowest BCUT2D eigenvalue weighted by Crippen LogP contribution is -2.48. The third kappa shape index (κ3) is 5.21. The number of ether oxygens (including phenoxy) is 1. The summed E-state index contributed by atoms with van der Waals surface area (Å²) in [5.41, 5.74) is 1.12. The normalized spacial score (nSPS) is 19.4. The van der Waals surface area contributed by atoms with Crippen LogP contribution in [0.25, 0.3) is 0 Å². The average Bonchev–Trinajstić information content (AvgIpc) is 3.00. The van der Waals surface area contributed by atoms with E-state index in [2.05, 4.69) is 48.0 Å². The van der Waals surface area contributed by atoms with Crippen molar-refractivity contribution in [1.29, 1.82) is 0 Å². The molecule has 1 fully saturated rings. The van der Waals surface area contributed by atoms with Crippen LogP contribution in [0.5, 0.6) is 0 Å². The summed E-state index contributed by atoms with van der Waals surface area (Å²) in [6.45, 7) is 11.5. The van der Waals surface area contributed by atoms with Gasteiger partial charge in [0.15, 0.2) is 5.96 Å². The van der Waals surface area contributed by atoms with Crippen LogP contribution >= 0.6 is 0 Å². The fourth-order valence-corrected chi connectivity index (χ4v) is 2.65. The molecule has 7 nitrogen and oxygen atoms in total. The van der Waals surface area contributed by atoms with Crippen molar-refractivity contribution in [3.05, 3.63) is 18.0 Å². The van der Waals surface area contributed by atoms with Crippen LogP contribution in [0.15, 0.2) is 17.4 Å². The number of likely N-dealkylation sites (N-methyl/N-ethyl adjacent to an activating group) is 1. The molecule has 2 rings (SSSR count). The topological polar surface area (TPSA) is 57.9 Å². The maximum atomic E-state index is 5.92. The molecule has 1 atom stereocenters. The van der Waals surface area contributed by atoms with Crippen LogP contribution in [0.4, 0.5) is 0 Å². The fourth-order valence-electron chi connectivity index (χ4n) is 2.65. The predicted octanol–water partition coefficient (Wildman–Crippen LogP) is 1.10. The zero-order chi connectivity index (χ0) is 17.5. The van der Waals surface area contributed by atoms with Crippen LogP contribution in [0.1, 0.15) is 32.4 Å². The van der Waals surface area contributed by atoms with E-state index in [0.717, 1.165) is 44.2 Å². The van der Waals surface area contributed by atoms with Gasteiger partial charge in [0.25, 0.3) is 0 Å². The lowest BCUT2D eigenvalue weighted by Gasteiger charge is -2.35. The van der Waals surface area contributed by atoms with E-state index in [1.165, 1.54) is 0 Å². The molecule has 0 amide bonds. The molecule has 1 N–H and O–H groups in total. The van der Waals surface area contributed by atoms with Crippen LogP contribution in [0, 0.1) is 0 Å². The summed E-state index contributed by atoms with van der Waals surface area (Å²) in [6, 6.07) is 0.543. The van der Waals surface area contributed by atoms with Gasteiger partial charge in [-0.05, 0) is 27.8 Å². The average molecular weight is 336 g/mol. The number of morpholine rings is 1. The van der Waals surface area contributed by atoms with Gasteiger partial charge in [0.2, 0.25) is 0 Å². The maximum absolute atomic E-state index is 5.92. The Kier molecular flexibility index (Phi) is 7.05. The molecule has 0 bridgehead atoms. The Bertz CT molecular complexity index is 527. The van der Waals surface area contributed by atoms with E-state index >= 15 is 0 Å². The van der Waals surface area contributed by atoms with Gasteiger partial charge in [-0.15, -0.1) is 0 Å². The standard InChI is InChI=1S/C17H32N6O/c1-6-18-17(19-7-8-21(4)14(2)3)23-9-10-24-16(13-23)15-11-20-22(5)12-15/h11-12,14,16H,6-10,13H2,1-5H3,(H,18,19). The first kappa shape index (κ1) is 18.7. The van der Waals surface area contributed by atoms with Crippen molar-refractivity contribution in [2.75, 3.05) is 46.4 Å². The second kappa shape index (κ2) is 9.03. The maximum Gasteiger partial charge on any atom is 0.194 e. The summed E-state index contributed by atoms with van der Waals surface area (Å²) in [4.78, 5) is 9.41. The monoisotopic (exact) mass is 336 g/mol. The van der Waals surface area contributed by atoms with Gasteiger partial charge >= 0.3 is 0 Å². The number of nitrogens with zero attached hydrogens (tertiary/aromatic N) is 5. The molecule has 1 aromatic rings. The Hall–Kier alpha value is -1.60. The minimum absolute atomic E-state index is 0.0506. The molecule has 0 aromatic carbocycles. The van der Waals surface area contributed by atoms with E-state index < -0.39 is 0 Å². The summed E-state index contributed by atoms with van der Waals surface area (Å²) in [5.74, 6) is 0.979. The van der Waals surface area contributed by atoms with Gasteiger partial charge in [0.05, 0.1) is 25.9 Å². The first-order valence-corrected chi connectivity index (χ1v) is 8.85. The number of rotatable bonds is 6. The number of aromatic nitrogens is 2. The third-order valence-corrected chi connectivity index (χ3v) is 4.39. The number of aliphatic imine (C=N–C) groups is 1. The first-order valence-electron chi connectivity index (χ1n) is 8.85. The summed E-state index contributed by atoms with van der Waals surface area (Å²) < 4.78 is 7.74. The Balaban J connectivity index is 1.98. The lowest BCUT2D eigenvalue weighted by molar-refractivity contribution is -0.00805. The predicted molar refractivity (Wildman–Crippen MR) is 97.2 cm³/mol. The van der Waals surface area contributed by atoms with Crippen molar-refractivity contribution in [3.63, 3.8) is 0 Å². The van der Waals surface area contributed by atoms with Crippen molar-refractivity contribution in [3.8, 4) is 0 Å². The minimum atomic E-state index is 0.0506. The molecule has 7 heteroatoms. The summed E-state index contributed by atoms with van der Waals surface area (Å²) in [7, 11) is 4.07. The smallest absolute Gasteiger partial charge is 0.194 e. The van der Waals surface area contributed by atoms with Gasteiger partial charge in [0.1, 0.15) is 6.10 Å². The van der Waals surface area contributed by atoms with Crippen LogP contribution in [-0.2, 0) is 11.8 Å². The second-order valence-electron chi connectivity index (χ2n) is 6.56. The first-order chi connectivity index (χ1) is 11.5.